The molecule has 0 amide bonds. The van der Waals surface area contributed by atoms with E-state index in [1.165, 1.54) is 11.1 Å². The molecule has 0 bridgehead atoms. The minimum Gasteiger partial charge on any atom is -0.399 e. The summed E-state index contributed by atoms with van der Waals surface area (Å²) in [6.45, 7) is 2.90. The fourth-order valence-electron chi connectivity index (χ4n) is 1.81. The largest absolute Gasteiger partial charge is 0.399 e. The quantitative estimate of drug-likeness (QED) is 0.654. The van der Waals surface area contributed by atoms with Gasteiger partial charge in [-0.15, -0.1) is 0 Å². The first kappa shape index (κ1) is 10.5. The summed E-state index contributed by atoms with van der Waals surface area (Å²) in [5.74, 6) is 0. The van der Waals surface area contributed by atoms with Crippen molar-refractivity contribution in [3.05, 3.63) is 29.3 Å². The number of nitrogens with two attached hydrogens (primary N) is 1. The highest BCUT2D eigenvalue weighted by Crippen LogP contribution is 2.16. The summed E-state index contributed by atoms with van der Waals surface area (Å²) in [4.78, 5) is 0. The fourth-order valence-corrected chi connectivity index (χ4v) is 1.81. The Morgan fingerprint density at radius 1 is 0.867 bits per heavy atom. The van der Waals surface area contributed by atoms with E-state index in [0.29, 0.717) is 13.2 Å². The zero-order valence-corrected chi connectivity index (χ0v) is 8.87. The average Bonchev–Trinajstić information content (AvgIpc) is 2.25. The number of rotatable bonds is 0. The third kappa shape index (κ3) is 2.94. The summed E-state index contributed by atoms with van der Waals surface area (Å²) >= 11 is 0. The molecule has 1 aliphatic rings. The van der Waals surface area contributed by atoms with Gasteiger partial charge in [-0.2, -0.15) is 0 Å². The summed E-state index contributed by atoms with van der Waals surface area (Å²) in [5.41, 5.74) is 9.22. The number of hydrogen-bond donors (Lipinski definition) is 1. The first-order valence-electron chi connectivity index (χ1n) is 5.39. The van der Waals surface area contributed by atoms with Crippen LogP contribution in [0.1, 0.15) is 11.1 Å². The van der Waals surface area contributed by atoms with Crippen molar-refractivity contribution in [3.8, 4) is 0 Å². The number of anilines is 1. The molecule has 0 saturated carbocycles. The normalized spacial score (nSPS) is 18.1. The first-order valence-corrected chi connectivity index (χ1v) is 5.39. The second-order valence-corrected chi connectivity index (χ2v) is 3.75. The highest BCUT2D eigenvalue weighted by atomic mass is 16.5. The molecule has 0 radical (unpaired) electrons. The number of hydrogen-bond acceptors (Lipinski definition) is 3. The average molecular weight is 207 g/mol. The molecular weight excluding hydrogens is 190 g/mol. The topological polar surface area (TPSA) is 44.5 Å². The van der Waals surface area contributed by atoms with Gasteiger partial charge in [-0.25, -0.2) is 0 Å². The summed E-state index contributed by atoms with van der Waals surface area (Å²) in [7, 11) is 0. The van der Waals surface area contributed by atoms with Crippen LogP contribution in [0.4, 0.5) is 5.69 Å². The molecule has 82 valence electrons. The zero-order chi connectivity index (χ0) is 10.5. The molecule has 0 fully saturated rings. The molecule has 0 aliphatic carbocycles. The number of fused-ring (bicyclic) bond motifs is 1. The Labute approximate surface area is 90.2 Å². The van der Waals surface area contributed by atoms with E-state index in [4.69, 9.17) is 15.2 Å². The lowest BCUT2D eigenvalue weighted by Gasteiger charge is -2.14. The number of nitrogen functional groups attached to an aromatic ring is 1. The molecule has 1 aliphatic heterocycles. The molecule has 15 heavy (non-hydrogen) atoms. The van der Waals surface area contributed by atoms with Crippen LogP contribution in [0, 0.1) is 0 Å². The maximum atomic E-state index is 5.77. The lowest BCUT2D eigenvalue weighted by molar-refractivity contribution is 0.0477. The smallest absolute Gasteiger partial charge is 0.0700 e. The minimum absolute atomic E-state index is 0.692. The van der Waals surface area contributed by atoms with Crippen molar-refractivity contribution in [3.63, 3.8) is 0 Å². The molecule has 3 heteroatoms. The lowest BCUT2D eigenvalue weighted by atomic mass is 10.0. The van der Waals surface area contributed by atoms with E-state index < -0.39 is 0 Å². The van der Waals surface area contributed by atoms with Crippen molar-refractivity contribution in [2.45, 2.75) is 12.8 Å². The van der Waals surface area contributed by atoms with Gasteiger partial charge >= 0.3 is 0 Å². The summed E-state index contributed by atoms with van der Waals surface area (Å²) < 4.78 is 10.9. The molecule has 0 spiro atoms. The van der Waals surface area contributed by atoms with Gasteiger partial charge in [0.2, 0.25) is 0 Å². The van der Waals surface area contributed by atoms with Gasteiger partial charge < -0.3 is 15.2 Å². The first-order chi connectivity index (χ1) is 7.36. The van der Waals surface area contributed by atoms with Crippen LogP contribution in [0.3, 0.4) is 0 Å². The van der Waals surface area contributed by atoms with E-state index in [1.54, 1.807) is 0 Å². The molecule has 1 aromatic rings. The standard InChI is InChI=1S/C12H17NO2/c13-12-2-1-10-3-5-14-7-8-15-6-4-11(10)9-12/h1-2,9H,3-8,13H2. The van der Waals surface area contributed by atoms with Crippen molar-refractivity contribution < 1.29 is 9.47 Å². The van der Waals surface area contributed by atoms with Gasteiger partial charge in [0, 0.05) is 5.69 Å². The van der Waals surface area contributed by atoms with Crippen LogP contribution >= 0.6 is 0 Å². The van der Waals surface area contributed by atoms with Crippen molar-refractivity contribution in [1.29, 1.82) is 0 Å². The van der Waals surface area contributed by atoms with Crippen molar-refractivity contribution >= 4 is 5.69 Å². The molecule has 2 N–H and O–H groups in total. The molecular formula is C12H17NO2. The van der Waals surface area contributed by atoms with Crippen molar-refractivity contribution in [2.75, 3.05) is 32.2 Å². The minimum atomic E-state index is 0.692. The molecule has 0 saturated heterocycles. The third-order valence-electron chi connectivity index (χ3n) is 2.63. The van der Waals surface area contributed by atoms with Crippen molar-refractivity contribution in [2.24, 2.45) is 0 Å². The van der Waals surface area contributed by atoms with Gasteiger partial charge in [0.05, 0.1) is 26.4 Å². The summed E-state index contributed by atoms with van der Waals surface area (Å²) in [6.07, 6.45) is 1.91. The molecule has 1 heterocycles. The third-order valence-corrected chi connectivity index (χ3v) is 2.63. The zero-order valence-electron chi connectivity index (χ0n) is 8.87. The molecule has 2 rings (SSSR count). The lowest BCUT2D eigenvalue weighted by Crippen LogP contribution is -2.12. The Hall–Kier alpha value is -1.06. The Balaban J connectivity index is 2.15. The fraction of sp³-hybridized carbons (Fsp3) is 0.500. The van der Waals surface area contributed by atoms with Crippen LogP contribution in [0.25, 0.3) is 0 Å². The summed E-state index contributed by atoms with van der Waals surface area (Å²) in [6, 6.07) is 6.08. The van der Waals surface area contributed by atoms with E-state index in [9.17, 15) is 0 Å². The van der Waals surface area contributed by atoms with Crippen LogP contribution < -0.4 is 5.73 Å². The number of benzene rings is 1. The maximum Gasteiger partial charge on any atom is 0.0700 e. The van der Waals surface area contributed by atoms with E-state index >= 15 is 0 Å². The predicted octanol–water partition coefficient (Wildman–Crippen LogP) is 1.40. The van der Waals surface area contributed by atoms with Gasteiger partial charge in [-0.1, -0.05) is 6.07 Å². The Morgan fingerprint density at radius 2 is 1.53 bits per heavy atom. The van der Waals surface area contributed by atoms with Crippen LogP contribution in [-0.4, -0.2) is 26.4 Å². The van der Waals surface area contributed by atoms with E-state index in [2.05, 4.69) is 6.07 Å². The Kier molecular flexibility index (Phi) is 3.59. The van der Waals surface area contributed by atoms with Gasteiger partial charge in [0.25, 0.3) is 0 Å². The highest BCUT2D eigenvalue weighted by Gasteiger charge is 2.05. The Morgan fingerprint density at radius 3 is 2.27 bits per heavy atom. The second kappa shape index (κ2) is 5.14. The molecule has 0 atom stereocenters. The van der Waals surface area contributed by atoms with E-state index in [1.807, 2.05) is 12.1 Å². The van der Waals surface area contributed by atoms with E-state index in [-0.39, 0.29) is 0 Å². The summed E-state index contributed by atoms with van der Waals surface area (Å²) in [5, 5.41) is 0. The van der Waals surface area contributed by atoms with E-state index in [0.717, 1.165) is 31.7 Å². The molecule has 0 aromatic heterocycles. The Bertz CT molecular complexity index is 325. The monoisotopic (exact) mass is 207 g/mol. The van der Waals surface area contributed by atoms with Crippen LogP contribution in [0.15, 0.2) is 18.2 Å². The van der Waals surface area contributed by atoms with Gasteiger partial charge in [0.15, 0.2) is 0 Å². The van der Waals surface area contributed by atoms with Crippen LogP contribution in [0.2, 0.25) is 0 Å². The highest BCUT2D eigenvalue weighted by molar-refractivity contribution is 5.45. The van der Waals surface area contributed by atoms with Crippen molar-refractivity contribution in [1.82, 2.24) is 0 Å². The molecule has 1 aromatic carbocycles. The molecule has 3 nitrogen and oxygen atoms in total. The maximum absolute atomic E-state index is 5.77. The predicted molar refractivity (Wildman–Crippen MR) is 59.9 cm³/mol. The second-order valence-electron chi connectivity index (χ2n) is 3.75. The number of ether oxygens (including phenoxy) is 2. The van der Waals surface area contributed by atoms with Crippen LogP contribution in [-0.2, 0) is 22.3 Å². The molecule has 0 unspecified atom stereocenters. The van der Waals surface area contributed by atoms with Gasteiger partial charge in [-0.3, -0.25) is 0 Å². The van der Waals surface area contributed by atoms with Gasteiger partial charge in [0.1, 0.15) is 0 Å². The van der Waals surface area contributed by atoms with Gasteiger partial charge in [-0.05, 0) is 36.1 Å². The SMILES string of the molecule is Nc1ccc2c(c1)CCOCCOCC2. The van der Waals surface area contributed by atoms with Crippen LogP contribution in [0.5, 0.6) is 0 Å².